The Morgan fingerprint density at radius 3 is 2.00 bits per heavy atom. The van der Waals surface area contributed by atoms with Crippen LogP contribution in [0.5, 0.6) is 17.4 Å². The molecule has 1 aromatic heterocycles. The minimum Gasteiger partial charge on any atom is -0.481 e. The fraction of sp³-hybridized carbons (Fsp3) is 0.280. The van der Waals surface area contributed by atoms with Crippen molar-refractivity contribution in [1.82, 2.24) is 4.98 Å². The number of nitrogens with one attached hydrogen (secondary N) is 1. The molecule has 0 saturated carbocycles. The minimum atomic E-state index is -4.47. The fourth-order valence-electron chi connectivity index (χ4n) is 2.92. The first-order valence-corrected chi connectivity index (χ1v) is 11.3. The summed E-state index contributed by atoms with van der Waals surface area (Å²) in [6.45, 7) is 7.65. The van der Waals surface area contributed by atoms with E-state index in [1.165, 1.54) is 12.1 Å². The minimum absolute atomic E-state index is 0.00523. The number of hydrogen-bond acceptors (Lipinski definition) is 4. The van der Waals surface area contributed by atoms with E-state index in [1.807, 2.05) is 20.8 Å². The van der Waals surface area contributed by atoms with Gasteiger partial charge >= 0.3 is 6.18 Å². The van der Waals surface area contributed by atoms with E-state index in [1.54, 1.807) is 31.2 Å². The Labute approximate surface area is 211 Å². The van der Waals surface area contributed by atoms with Crippen LogP contribution in [-0.2, 0) is 16.4 Å². The maximum absolute atomic E-state index is 12.6. The smallest absolute Gasteiger partial charge is 0.417 e. The lowest BCUT2D eigenvalue weighted by Crippen LogP contribution is -2.30. The zero-order valence-corrected chi connectivity index (χ0v) is 20.8. The SMILES string of the molecule is C[C@@H](Oc1ccc(Oc2ccc(C(F)(F)F)cn2)cc1)C(=O)Nc1c(Cl)cc(C(C)(C)C)cc1Cl. The molecule has 3 aromatic rings. The number of anilines is 1. The average molecular weight is 527 g/mol. The van der Waals surface area contributed by atoms with Crippen LogP contribution < -0.4 is 14.8 Å². The summed E-state index contributed by atoms with van der Waals surface area (Å²) in [7, 11) is 0. The summed E-state index contributed by atoms with van der Waals surface area (Å²) in [4.78, 5) is 16.3. The molecule has 0 bridgehead atoms. The highest BCUT2D eigenvalue weighted by molar-refractivity contribution is 6.40. The summed E-state index contributed by atoms with van der Waals surface area (Å²) in [5.74, 6) is 0.261. The molecule has 10 heteroatoms. The summed E-state index contributed by atoms with van der Waals surface area (Å²) < 4.78 is 49.0. The highest BCUT2D eigenvalue weighted by Crippen LogP contribution is 2.36. The van der Waals surface area contributed by atoms with Crippen molar-refractivity contribution in [2.75, 3.05) is 5.32 Å². The molecule has 3 rings (SSSR count). The van der Waals surface area contributed by atoms with Crippen LogP contribution in [0.15, 0.2) is 54.7 Å². The standard InChI is InChI=1S/C25H23Cl2F3N2O3/c1-14(23(33)32-22-19(26)11-16(12-20(22)27)24(2,3)4)34-17-6-8-18(9-7-17)35-21-10-5-15(13-31-21)25(28,29)30/h5-14H,1-4H3,(H,32,33)/t14-/m1/s1. The molecular weight excluding hydrogens is 504 g/mol. The van der Waals surface area contributed by atoms with Gasteiger partial charge in [0.05, 0.1) is 21.3 Å². The molecule has 0 fully saturated rings. The normalized spacial score (nSPS) is 12.7. The Morgan fingerprint density at radius 1 is 0.943 bits per heavy atom. The van der Waals surface area contributed by atoms with Crippen LogP contribution >= 0.6 is 23.2 Å². The van der Waals surface area contributed by atoms with Crippen molar-refractivity contribution in [1.29, 1.82) is 0 Å². The van der Waals surface area contributed by atoms with Crippen LogP contribution in [0.2, 0.25) is 10.0 Å². The van der Waals surface area contributed by atoms with Crippen LogP contribution in [0.25, 0.3) is 0 Å². The van der Waals surface area contributed by atoms with E-state index in [4.69, 9.17) is 32.7 Å². The lowest BCUT2D eigenvalue weighted by atomic mass is 9.87. The first-order valence-electron chi connectivity index (χ1n) is 10.5. The number of hydrogen-bond donors (Lipinski definition) is 1. The summed E-state index contributed by atoms with van der Waals surface area (Å²) in [6.07, 6.45) is -4.66. The summed E-state index contributed by atoms with van der Waals surface area (Å²) in [5.41, 5.74) is 0.205. The molecule has 0 saturated heterocycles. The predicted molar refractivity (Wildman–Crippen MR) is 130 cm³/mol. The fourth-order valence-corrected chi connectivity index (χ4v) is 3.50. The van der Waals surface area contributed by atoms with Gasteiger partial charge in [-0.15, -0.1) is 0 Å². The summed E-state index contributed by atoms with van der Waals surface area (Å²) in [5, 5.41) is 3.34. The van der Waals surface area contributed by atoms with Gasteiger partial charge in [0.1, 0.15) is 11.5 Å². The number of ether oxygens (including phenoxy) is 2. The van der Waals surface area contributed by atoms with E-state index in [2.05, 4.69) is 10.3 Å². The number of rotatable bonds is 6. The van der Waals surface area contributed by atoms with E-state index < -0.39 is 23.8 Å². The van der Waals surface area contributed by atoms with Crippen LogP contribution in [0, 0.1) is 0 Å². The maximum Gasteiger partial charge on any atom is 0.417 e. The number of nitrogens with zero attached hydrogens (tertiary/aromatic N) is 1. The predicted octanol–water partition coefficient (Wildman–Crippen LogP) is 7.90. The molecule has 0 radical (unpaired) electrons. The first-order chi connectivity index (χ1) is 16.2. The summed E-state index contributed by atoms with van der Waals surface area (Å²) in [6, 6.07) is 11.7. The monoisotopic (exact) mass is 526 g/mol. The highest BCUT2D eigenvalue weighted by atomic mass is 35.5. The number of alkyl halides is 3. The molecule has 0 unspecified atom stereocenters. The van der Waals surface area contributed by atoms with Crippen molar-refractivity contribution in [2.24, 2.45) is 0 Å². The number of benzene rings is 2. The van der Waals surface area contributed by atoms with Crippen molar-refractivity contribution in [3.05, 3.63) is 75.9 Å². The van der Waals surface area contributed by atoms with Gasteiger partial charge in [-0.25, -0.2) is 4.98 Å². The number of halogens is 5. The van der Waals surface area contributed by atoms with Gasteiger partial charge in [-0.1, -0.05) is 44.0 Å². The first kappa shape index (κ1) is 26.6. The molecule has 0 aliphatic rings. The second kappa shape index (κ2) is 10.3. The molecule has 1 atom stereocenters. The lowest BCUT2D eigenvalue weighted by molar-refractivity contribution is -0.137. The van der Waals surface area contributed by atoms with Gasteiger partial charge in [-0.05, 0) is 60.4 Å². The quantitative estimate of drug-likeness (QED) is 0.354. The number of carbonyl (C=O) groups excluding carboxylic acids is 1. The molecule has 35 heavy (non-hydrogen) atoms. The van der Waals surface area contributed by atoms with Crippen LogP contribution in [0.3, 0.4) is 0 Å². The average Bonchev–Trinajstić information content (AvgIpc) is 2.76. The number of pyridine rings is 1. The Hall–Kier alpha value is -2.97. The van der Waals surface area contributed by atoms with Crippen molar-refractivity contribution in [3.8, 4) is 17.4 Å². The van der Waals surface area contributed by atoms with Crippen LogP contribution in [0.4, 0.5) is 18.9 Å². The van der Waals surface area contributed by atoms with Gasteiger partial charge in [0.15, 0.2) is 6.10 Å². The molecule has 2 aromatic carbocycles. The molecule has 1 N–H and O–H groups in total. The van der Waals surface area contributed by atoms with Crippen LogP contribution in [0.1, 0.15) is 38.8 Å². The van der Waals surface area contributed by atoms with Crippen molar-refractivity contribution >= 4 is 34.8 Å². The van der Waals surface area contributed by atoms with Crippen LogP contribution in [-0.4, -0.2) is 17.0 Å². The number of amides is 1. The Kier molecular flexibility index (Phi) is 7.87. The van der Waals surface area contributed by atoms with Gasteiger partial charge in [0.25, 0.3) is 5.91 Å². The topological polar surface area (TPSA) is 60.5 Å². The van der Waals surface area contributed by atoms with Crippen molar-refractivity contribution < 1.29 is 27.4 Å². The lowest BCUT2D eigenvalue weighted by Gasteiger charge is -2.22. The second-order valence-corrected chi connectivity index (χ2v) is 9.58. The Morgan fingerprint density at radius 2 is 1.51 bits per heavy atom. The molecule has 0 aliphatic heterocycles. The van der Waals surface area contributed by atoms with Gasteiger partial charge in [0.2, 0.25) is 5.88 Å². The largest absolute Gasteiger partial charge is 0.481 e. The second-order valence-electron chi connectivity index (χ2n) is 8.77. The van der Waals surface area contributed by atoms with Gasteiger partial charge < -0.3 is 14.8 Å². The third-order valence-corrected chi connectivity index (χ3v) is 5.54. The third kappa shape index (κ3) is 7.02. The molecule has 5 nitrogen and oxygen atoms in total. The van der Waals surface area contributed by atoms with E-state index in [0.717, 1.165) is 17.7 Å². The molecule has 186 valence electrons. The zero-order chi connectivity index (χ0) is 26.0. The van der Waals surface area contributed by atoms with Gasteiger partial charge in [0, 0.05) is 12.3 Å². The Balaban J connectivity index is 1.61. The van der Waals surface area contributed by atoms with Crippen molar-refractivity contribution in [2.45, 2.75) is 45.4 Å². The van der Waals surface area contributed by atoms with E-state index in [9.17, 15) is 18.0 Å². The molecule has 1 heterocycles. The zero-order valence-electron chi connectivity index (χ0n) is 19.3. The highest BCUT2D eigenvalue weighted by Gasteiger charge is 2.30. The third-order valence-electron chi connectivity index (χ3n) is 4.95. The van der Waals surface area contributed by atoms with E-state index in [-0.39, 0.29) is 11.3 Å². The molecule has 0 spiro atoms. The maximum atomic E-state index is 12.6. The molecule has 1 amide bonds. The molecule has 0 aliphatic carbocycles. The Bertz CT molecular complexity index is 1170. The van der Waals surface area contributed by atoms with Gasteiger partial charge in [-0.3, -0.25) is 4.79 Å². The van der Waals surface area contributed by atoms with Gasteiger partial charge in [-0.2, -0.15) is 13.2 Å². The number of aromatic nitrogens is 1. The number of carbonyl (C=O) groups is 1. The van der Waals surface area contributed by atoms with Crippen molar-refractivity contribution in [3.63, 3.8) is 0 Å². The molecular formula is C25H23Cl2F3N2O3. The summed E-state index contributed by atoms with van der Waals surface area (Å²) >= 11 is 12.7. The van der Waals surface area contributed by atoms with E-state index in [0.29, 0.717) is 33.4 Å². The van der Waals surface area contributed by atoms with E-state index >= 15 is 0 Å².